The Morgan fingerprint density at radius 2 is 1.05 bits per heavy atom. The van der Waals surface area contributed by atoms with E-state index in [-0.39, 0.29) is 61.8 Å². The molecule has 4 atom stereocenters. The summed E-state index contributed by atoms with van der Waals surface area (Å²) in [7, 11) is 0. The van der Waals surface area contributed by atoms with Crippen molar-refractivity contribution in [2.45, 2.75) is 25.0 Å². The molecule has 0 amide bonds. The van der Waals surface area contributed by atoms with E-state index in [0.29, 0.717) is 38.0 Å². The molecule has 0 aromatic heterocycles. The summed E-state index contributed by atoms with van der Waals surface area (Å²) in [4.78, 5) is 0. The summed E-state index contributed by atoms with van der Waals surface area (Å²) in [6.07, 6.45) is 1.59. The SMILES string of the molecule is Cl.Cl.Cl.Cl.NC[C@@H]1CCNC[C@@H]1O.NC[C@H]1CCNC[C@H]1O. The van der Waals surface area contributed by atoms with E-state index in [1.165, 1.54) is 0 Å². The second-order valence-electron chi connectivity index (χ2n) is 5.11. The van der Waals surface area contributed by atoms with E-state index < -0.39 is 0 Å². The van der Waals surface area contributed by atoms with Gasteiger partial charge < -0.3 is 32.3 Å². The van der Waals surface area contributed by atoms with Gasteiger partial charge in [-0.15, -0.1) is 49.6 Å². The summed E-state index contributed by atoms with van der Waals surface area (Å²) in [6.45, 7) is 4.65. The molecule has 2 rings (SSSR count). The quantitative estimate of drug-likeness (QED) is 0.369. The first-order valence-electron chi connectivity index (χ1n) is 6.86. The summed E-state index contributed by atoms with van der Waals surface area (Å²) in [5, 5.41) is 24.6. The standard InChI is InChI=1S/2C6H14N2O.4ClH/c2*7-3-5-1-2-8-4-6(5)9;;;;/h2*5-6,8-9H,1-4,7H2;4*1H/t2*5-,6-;;;;/m10..../s1. The van der Waals surface area contributed by atoms with Crippen LogP contribution in [0.25, 0.3) is 0 Å². The molecule has 0 aromatic carbocycles. The van der Waals surface area contributed by atoms with Gasteiger partial charge in [-0.2, -0.15) is 0 Å². The van der Waals surface area contributed by atoms with Gasteiger partial charge in [-0.25, -0.2) is 0 Å². The molecule has 0 radical (unpaired) electrons. The number of rotatable bonds is 2. The van der Waals surface area contributed by atoms with Gasteiger partial charge in [0.2, 0.25) is 0 Å². The Morgan fingerprint density at radius 1 is 0.727 bits per heavy atom. The molecule has 0 unspecified atom stereocenters. The van der Waals surface area contributed by atoms with Gasteiger partial charge in [-0.05, 0) is 50.9 Å². The van der Waals surface area contributed by atoms with Crippen LogP contribution in [0, 0.1) is 11.8 Å². The largest absolute Gasteiger partial charge is 0.391 e. The lowest BCUT2D eigenvalue weighted by atomic mass is 9.96. The zero-order valence-electron chi connectivity index (χ0n) is 12.6. The van der Waals surface area contributed by atoms with Crippen LogP contribution in [0.4, 0.5) is 0 Å². The Labute approximate surface area is 158 Å². The first-order chi connectivity index (χ1) is 8.69. The number of hydrogen-bond acceptors (Lipinski definition) is 6. The number of aliphatic hydroxyl groups excluding tert-OH is 2. The lowest BCUT2D eigenvalue weighted by molar-refractivity contribution is 0.0861. The van der Waals surface area contributed by atoms with E-state index in [9.17, 15) is 10.2 Å². The minimum Gasteiger partial charge on any atom is -0.391 e. The normalized spacial score (nSPS) is 30.0. The highest BCUT2D eigenvalue weighted by molar-refractivity contribution is 5.86. The van der Waals surface area contributed by atoms with Crippen molar-refractivity contribution in [3.63, 3.8) is 0 Å². The van der Waals surface area contributed by atoms with Crippen molar-refractivity contribution in [2.75, 3.05) is 39.3 Å². The molecule has 2 aliphatic heterocycles. The molecule has 0 aliphatic carbocycles. The third-order valence-electron chi connectivity index (χ3n) is 3.78. The summed E-state index contributed by atoms with van der Waals surface area (Å²) < 4.78 is 0. The number of aliphatic hydroxyl groups is 2. The highest BCUT2D eigenvalue weighted by Gasteiger charge is 2.21. The molecule has 0 bridgehead atoms. The van der Waals surface area contributed by atoms with E-state index in [1.807, 2.05) is 0 Å². The Kier molecular flexibility index (Phi) is 25.5. The van der Waals surface area contributed by atoms with Crippen molar-refractivity contribution < 1.29 is 10.2 Å². The molecule has 0 saturated carbocycles. The summed E-state index contributed by atoms with van der Waals surface area (Å²) in [6, 6.07) is 0. The van der Waals surface area contributed by atoms with Crippen molar-refractivity contribution >= 4 is 49.6 Å². The van der Waals surface area contributed by atoms with Crippen LogP contribution < -0.4 is 22.1 Å². The van der Waals surface area contributed by atoms with Gasteiger partial charge in [0.15, 0.2) is 0 Å². The third kappa shape index (κ3) is 11.5. The maximum absolute atomic E-state index is 9.23. The third-order valence-corrected chi connectivity index (χ3v) is 3.78. The van der Waals surface area contributed by atoms with Crippen LogP contribution in [0.15, 0.2) is 0 Å². The molecule has 22 heavy (non-hydrogen) atoms. The van der Waals surface area contributed by atoms with E-state index in [4.69, 9.17) is 11.5 Å². The number of piperidine rings is 2. The summed E-state index contributed by atoms with van der Waals surface area (Å²) in [5.74, 6) is 0.650. The predicted octanol–water partition coefficient (Wildman–Crippen LogP) is -0.482. The fourth-order valence-corrected chi connectivity index (χ4v) is 2.34. The van der Waals surface area contributed by atoms with Crippen LogP contribution in [-0.2, 0) is 0 Å². The molecular formula is C12H32Cl4N4O2. The van der Waals surface area contributed by atoms with E-state index in [2.05, 4.69) is 10.6 Å². The number of β-amino-alcohol motifs (C(OH)–C–C–N with tert-alkyl or cyclic N) is 2. The molecule has 10 heteroatoms. The minimum atomic E-state index is -0.219. The molecule has 6 nitrogen and oxygen atoms in total. The average Bonchev–Trinajstić information content (AvgIpc) is 2.41. The fraction of sp³-hybridized carbons (Fsp3) is 1.00. The van der Waals surface area contributed by atoms with Crippen LogP contribution >= 0.6 is 49.6 Å². The predicted molar refractivity (Wildman–Crippen MR) is 101 cm³/mol. The maximum atomic E-state index is 9.23. The van der Waals surface area contributed by atoms with Crippen LogP contribution in [0.1, 0.15) is 12.8 Å². The van der Waals surface area contributed by atoms with Crippen molar-refractivity contribution in [3.05, 3.63) is 0 Å². The van der Waals surface area contributed by atoms with Crippen LogP contribution in [-0.4, -0.2) is 61.7 Å². The van der Waals surface area contributed by atoms with Gasteiger partial charge in [0.1, 0.15) is 0 Å². The van der Waals surface area contributed by atoms with Gasteiger partial charge in [-0.3, -0.25) is 0 Å². The number of halogens is 4. The van der Waals surface area contributed by atoms with Crippen molar-refractivity contribution in [3.8, 4) is 0 Å². The Bertz CT molecular complexity index is 211. The molecule has 0 spiro atoms. The van der Waals surface area contributed by atoms with E-state index >= 15 is 0 Å². The van der Waals surface area contributed by atoms with Gasteiger partial charge in [-0.1, -0.05) is 0 Å². The summed E-state index contributed by atoms with van der Waals surface area (Å²) >= 11 is 0. The first kappa shape index (κ1) is 30.8. The maximum Gasteiger partial charge on any atom is 0.0705 e. The smallest absolute Gasteiger partial charge is 0.0705 e. The van der Waals surface area contributed by atoms with Crippen LogP contribution in [0.2, 0.25) is 0 Å². The van der Waals surface area contributed by atoms with E-state index in [1.54, 1.807) is 0 Å². The molecule has 2 aliphatic rings. The molecule has 2 saturated heterocycles. The van der Waals surface area contributed by atoms with Crippen molar-refractivity contribution in [2.24, 2.45) is 23.3 Å². The van der Waals surface area contributed by atoms with Crippen LogP contribution in [0.3, 0.4) is 0 Å². The Balaban J connectivity index is -0.000000125. The molecular weight excluding hydrogens is 374 g/mol. The number of nitrogens with two attached hydrogens (primary N) is 2. The Morgan fingerprint density at radius 3 is 1.23 bits per heavy atom. The molecule has 8 N–H and O–H groups in total. The minimum absolute atomic E-state index is 0. The fourth-order valence-electron chi connectivity index (χ4n) is 2.34. The van der Waals surface area contributed by atoms with Crippen LogP contribution in [0.5, 0.6) is 0 Å². The van der Waals surface area contributed by atoms with Gasteiger partial charge in [0.05, 0.1) is 12.2 Å². The first-order valence-corrected chi connectivity index (χ1v) is 6.86. The van der Waals surface area contributed by atoms with E-state index in [0.717, 1.165) is 25.9 Å². The van der Waals surface area contributed by atoms with Crippen molar-refractivity contribution in [1.82, 2.24) is 10.6 Å². The monoisotopic (exact) mass is 404 g/mol. The zero-order chi connectivity index (χ0) is 13.4. The second kappa shape index (κ2) is 18.3. The highest BCUT2D eigenvalue weighted by atomic mass is 35.5. The Hall–Kier alpha value is 0.920. The second-order valence-corrected chi connectivity index (χ2v) is 5.11. The molecule has 2 heterocycles. The number of hydrogen-bond donors (Lipinski definition) is 6. The van der Waals surface area contributed by atoms with Gasteiger partial charge >= 0.3 is 0 Å². The molecule has 2 fully saturated rings. The number of nitrogens with one attached hydrogen (secondary N) is 2. The lowest BCUT2D eigenvalue weighted by Gasteiger charge is -2.26. The highest BCUT2D eigenvalue weighted by Crippen LogP contribution is 2.10. The average molecular weight is 406 g/mol. The summed E-state index contributed by atoms with van der Waals surface area (Å²) in [5.41, 5.74) is 10.8. The zero-order valence-corrected chi connectivity index (χ0v) is 15.9. The molecule has 140 valence electrons. The molecule has 0 aromatic rings. The van der Waals surface area contributed by atoms with Crippen molar-refractivity contribution in [1.29, 1.82) is 0 Å². The van der Waals surface area contributed by atoms with Gasteiger partial charge in [0.25, 0.3) is 0 Å². The van der Waals surface area contributed by atoms with Gasteiger partial charge in [0, 0.05) is 13.1 Å². The lowest BCUT2D eigenvalue weighted by Crippen LogP contribution is -2.43. The topological polar surface area (TPSA) is 117 Å².